The van der Waals surface area contributed by atoms with E-state index in [0.717, 1.165) is 18.4 Å². The van der Waals surface area contributed by atoms with E-state index in [2.05, 4.69) is 11.4 Å². The highest BCUT2D eigenvalue weighted by atomic mass is 16.4. The lowest BCUT2D eigenvalue weighted by Crippen LogP contribution is -2.08. The molecule has 1 saturated carbocycles. The van der Waals surface area contributed by atoms with Crippen molar-refractivity contribution in [3.05, 3.63) is 29.8 Å². The van der Waals surface area contributed by atoms with Gasteiger partial charge in [0.05, 0.1) is 0 Å². The lowest BCUT2D eigenvalue weighted by Gasteiger charge is -2.06. The van der Waals surface area contributed by atoms with Crippen molar-refractivity contribution in [2.24, 2.45) is 0 Å². The zero-order valence-electron chi connectivity index (χ0n) is 7.08. The second-order valence-corrected chi connectivity index (χ2v) is 3.20. The van der Waals surface area contributed by atoms with E-state index in [4.69, 9.17) is 5.11 Å². The molecule has 3 nitrogen and oxygen atoms in total. The van der Waals surface area contributed by atoms with Gasteiger partial charge in [-0.25, -0.2) is 4.79 Å². The van der Waals surface area contributed by atoms with Crippen LogP contribution in [0, 0.1) is 6.07 Å². The number of rotatable bonds is 2. The first-order chi connectivity index (χ1) is 6.27. The molecule has 0 heterocycles. The van der Waals surface area contributed by atoms with E-state index in [0.29, 0.717) is 11.6 Å². The number of amides is 1. The third-order valence-corrected chi connectivity index (χ3v) is 2.12. The minimum Gasteiger partial charge on any atom is -0.465 e. The first kappa shape index (κ1) is 8.10. The molecule has 0 bridgehead atoms. The number of nitrogens with one attached hydrogen (secondary N) is 1. The van der Waals surface area contributed by atoms with Gasteiger partial charge in [0.1, 0.15) is 0 Å². The van der Waals surface area contributed by atoms with Crippen LogP contribution in [0.3, 0.4) is 0 Å². The summed E-state index contributed by atoms with van der Waals surface area (Å²) in [7, 11) is 0. The van der Waals surface area contributed by atoms with Gasteiger partial charge in [0.2, 0.25) is 0 Å². The first-order valence-corrected chi connectivity index (χ1v) is 4.28. The Hall–Kier alpha value is -1.51. The van der Waals surface area contributed by atoms with Gasteiger partial charge in [0.25, 0.3) is 0 Å². The molecule has 3 heteroatoms. The van der Waals surface area contributed by atoms with Crippen molar-refractivity contribution in [3.8, 4) is 0 Å². The van der Waals surface area contributed by atoms with Crippen LogP contribution in [0.25, 0.3) is 0 Å². The molecular formula is C10H10NO2. The molecule has 1 aromatic rings. The van der Waals surface area contributed by atoms with Crippen LogP contribution in [-0.2, 0) is 0 Å². The maximum Gasteiger partial charge on any atom is 0.409 e. The van der Waals surface area contributed by atoms with Crippen LogP contribution in [0.5, 0.6) is 0 Å². The second-order valence-electron chi connectivity index (χ2n) is 3.20. The standard InChI is InChI=1S/C10H10NO2/c12-10(13)11-9-4-2-1-3-8(9)7-5-6-7/h1-2,4,7,11H,5-6H2,(H,12,13). The van der Waals surface area contributed by atoms with Crippen molar-refractivity contribution in [3.63, 3.8) is 0 Å². The zero-order valence-corrected chi connectivity index (χ0v) is 7.08. The number of carbonyl (C=O) groups is 1. The van der Waals surface area contributed by atoms with E-state index < -0.39 is 6.09 Å². The second kappa shape index (κ2) is 3.09. The minimum atomic E-state index is -1.01. The van der Waals surface area contributed by atoms with Crippen molar-refractivity contribution >= 4 is 11.8 Å². The first-order valence-electron chi connectivity index (χ1n) is 4.28. The van der Waals surface area contributed by atoms with Crippen LogP contribution in [0.15, 0.2) is 18.2 Å². The molecule has 1 amide bonds. The van der Waals surface area contributed by atoms with Gasteiger partial charge in [0.15, 0.2) is 0 Å². The Kier molecular flexibility index (Phi) is 1.93. The number of hydrogen-bond acceptors (Lipinski definition) is 1. The molecule has 1 aliphatic carbocycles. The highest BCUT2D eigenvalue weighted by Crippen LogP contribution is 2.42. The normalized spacial score (nSPS) is 15.4. The fourth-order valence-corrected chi connectivity index (χ4v) is 1.38. The number of benzene rings is 1. The van der Waals surface area contributed by atoms with Gasteiger partial charge >= 0.3 is 6.09 Å². The molecule has 0 aliphatic heterocycles. The van der Waals surface area contributed by atoms with Crippen molar-refractivity contribution < 1.29 is 9.90 Å². The SMILES string of the molecule is O=C(O)Nc1ccc[c]c1C1CC1. The van der Waals surface area contributed by atoms with E-state index in [9.17, 15) is 4.79 Å². The van der Waals surface area contributed by atoms with E-state index in [1.165, 1.54) is 0 Å². The van der Waals surface area contributed by atoms with Crippen molar-refractivity contribution in [1.82, 2.24) is 0 Å². The van der Waals surface area contributed by atoms with Crippen LogP contribution < -0.4 is 5.32 Å². The van der Waals surface area contributed by atoms with E-state index >= 15 is 0 Å². The third kappa shape index (κ3) is 1.80. The van der Waals surface area contributed by atoms with Crippen LogP contribution in [0.1, 0.15) is 24.3 Å². The topological polar surface area (TPSA) is 49.3 Å². The van der Waals surface area contributed by atoms with Gasteiger partial charge in [-0.3, -0.25) is 5.32 Å². The fraction of sp³-hybridized carbons (Fsp3) is 0.300. The molecule has 0 atom stereocenters. The summed E-state index contributed by atoms with van der Waals surface area (Å²) in [6.07, 6.45) is 1.28. The molecule has 0 unspecified atom stereocenters. The van der Waals surface area contributed by atoms with E-state index in [-0.39, 0.29) is 0 Å². The molecule has 1 fully saturated rings. The van der Waals surface area contributed by atoms with E-state index in [1.807, 2.05) is 6.07 Å². The summed E-state index contributed by atoms with van der Waals surface area (Å²) in [5.74, 6) is 0.517. The van der Waals surface area contributed by atoms with Gasteiger partial charge in [-0.2, -0.15) is 0 Å². The quantitative estimate of drug-likeness (QED) is 0.727. The zero-order chi connectivity index (χ0) is 9.26. The summed E-state index contributed by atoms with van der Waals surface area (Å²) in [5, 5.41) is 10.9. The number of hydrogen-bond donors (Lipinski definition) is 2. The Bertz CT molecular complexity index is 331. The maximum atomic E-state index is 10.4. The van der Waals surface area contributed by atoms with Crippen LogP contribution in [-0.4, -0.2) is 11.2 Å². The Labute approximate surface area is 76.4 Å². The highest BCUT2D eigenvalue weighted by molar-refractivity contribution is 5.84. The molecule has 0 spiro atoms. The largest absolute Gasteiger partial charge is 0.465 e. The summed E-state index contributed by atoms with van der Waals surface area (Å²) in [6.45, 7) is 0. The fourth-order valence-electron chi connectivity index (χ4n) is 1.38. The molecule has 1 aromatic carbocycles. The van der Waals surface area contributed by atoms with E-state index in [1.54, 1.807) is 12.1 Å². The van der Waals surface area contributed by atoms with Crippen LogP contribution in [0.4, 0.5) is 10.5 Å². The average molecular weight is 176 g/mol. The smallest absolute Gasteiger partial charge is 0.409 e. The Morgan fingerprint density at radius 2 is 2.38 bits per heavy atom. The average Bonchev–Trinajstić information content (AvgIpc) is 2.87. The molecular weight excluding hydrogens is 166 g/mol. The number of anilines is 1. The Morgan fingerprint density at radius 3 is 3.00 bits per heavy atom. The predicted octanol–water partition coefficient (Wildman–Crippen LogP) is 2.45. The van der Waals surface area contributed by atoms with Crippen LogP contribution in [0.2, 0.25) is 0 Å². The highest BCUT2D eigenvalue weighted by Gasteiger charge is 2.26. The van der Waals surface area contributed by atoms with Gasteiger partial charge < -0.3 is 5.11 Å². The van der Waals surface area contributed by atoms with Crippen molar-refractivity contribution in [1.29, 1.82) is 0 Å². The van der Waals surface area contributed by atoms with Crippen LogP contribution >= 0.6 is 0 Å². The molecule has 0 saturated heterocycles. The van der Waals surface area contributed by atoms with Gasteiger partial charge in [-0.05, 0) is 36.5 Å². The molecule has 67 valence electrons. The molecule has 1 aliphatic rings. The molecule has 1 radical (unpaired) electrons. The minimum absolute atomic E-state index is 0.517. The summed E-state index contributed by atoms with van der Waals surface area (Å²) in [4.78, 5) is 10.4. The monoisotopic (exact) mass is 176 g/mol. The summed E-state index contributed by atoms with van der Waals surface area (Å²) >= 11 is 0. The molecule has 2 N–H and O–H groups in total. The van der Waals surface area contributed by atoms with Gasteiger partial charge in [0, 0.05) is 5.69 Å². The van der Waals surface area contributed by atoms with Gasteiger partial charge in [-0.15, -0.1) is 0 Å². The van der Waals surface area contributed by atoms with Crippen molar-refractivity contribution in [2.75, 3.05) is 5.32 Å². The Balaban J connectivity index is 2.26. The lowest BCUT2D eigenvalue weighted by atomic mass is 10.1. The molecule has 13 heavy (non-hydrogen) atoms. The predicted molar refractivity (Wildman–Crippen MR) is 48.9 cm³/mol. The summed E-state index contributed by atoms with van der Waals surface area (Å²) < 4.78 is 0. The van der Waals surface area contributed by atoms with Crippen molar-refractivity contribution in [2.45, 2.75) is 18.8 Å². The number of carboxylic acid groups (broad SMARTS) is 1. The maximum absolute atomic E-state index is 10.4. The Morgan fingerprint density at radius 1 is 1.62 bits per heavy atom. The lowest BCUT2D eigenvalue weighted by molar-refractivity contribution is 0.209. The van der Waals surface area contributed by atoms with Gasteiger partial charge in [-0.1, -0.05) is 12.1 Å². The molecule has 0 aromatic heterocycles. The molecule has 2 rings (SSSR count). The summed E-state index contributed by atoms with van der Waals surface area (Å²) in [6, 6.07) is 8.46. The summed E-state index contributed by atoms with van der Waals surface area (Å²) in [5.41, 5.74) is 1.68. The third-order valence-electron chi connectivity index (χ3n) is 2.12.